The number of halogens is 2. The van der Waals surface area contributed by atoms with Crippen LogP contribution >= 0.6 is 23.2 Å². The van der Waals surface area contributed by atoms with Gasteiger partial charge in [-0.15, -0.1) is 5.10 Å². The van der Waals surface area contributed by atoms with Gasteiger partial charge in [-0.05, 0) is 24.6 Å². The highest BCUT2D eigenvalue weighted by atomic mass is 35.5. The van der Waals surface area contributed by atoms with Crippen molar-refractivity contribution in [1.82, 2.24) is 15.0 Å². The van der Waals surface area contributed by atoms with E-state index in [-0.39, 0.29) is 18.1 Å². The van der Waals surface area contributed by atoms with E-state index in [4.69, 9.17) is 33.7 Å². The molecule has 20 heavy (non-hydrogen) atoms. The number of carbonyl (C=O) groups is 1. The van der Waals surface area contributed by atoms with E-state index in [0.29, 0.717) is 16.6 Å². The molecule has 0 saturated carbocycles. The van der Waals surface area contributed by atoms with Crippen LogP contribution in [0.25, 0.3) is 0 Å². The summed E-state index contributed by atoms with van der Waals surface area (Å²) in [5.74, 6) is -0.445. The molecule has 1 aromatic carbocycles. The zero-order chi connectivity index (χ0) is 14.7. The molecule has 2 rings (SSSR count). The Morgan fingerprint density at radius 1 is 1.40 bits per heavy atom. The number of anilines is 1. The third kappa shape index (κ3) is 3.02. The molecule has 2 N–H and O–H groups in total. The Bertz CT molecular complexity index is 642. The highest BCUT2D eigenvalue weighted by molar-refractivity contribution is 6.42. The Balaban J connectivity index is 2.22. The molecule has 8 heteroatoms. The number of carbonyl (C=O) groups excluding carboxylic acids is 1. The lowest BCUT2D eigenvalue weighted by molar-refractivity contribution is 0.0520. The molecule has 0 atom stereocenters. The number of nitrogens with two attached hydrogens (primary N) is 1. The minimum atomic E-state index is -0.592. The van der Waals surface area contributed by atoms with Crippen molar-refractivity contribution in [3.63, 3.8) is 0 Å². The van der Waals surface area contributed by atoms with Gasteiger partial charge in [0.25, 0.3) is 0 Å². The topological polar surface area (TPSA) is 83.0 Å². The Kier molecular flexibility index (Phi) is 4.46. The van der Waals surface area contributed by atoms with Gasteiger partial charge in [-0.25, -0.2) is 9.48 Å². The van der Waals surface area contributed by atoms with Gasteiger partial charge in [-0.1, -0.05) is 34.5 Å². The van der Waals surface area contributed by atoms with Gasteiger partial charge in [-0.2, -0.15) is 0 Å². The predicted octanol–water partition coefficient (Wildman–Crippen LogP) is 2.39. The van der Waals surface area contributed by atoms with Gasteiger partial charge >= 0.3 is 5.97 Å². The first-order chi connectivity index (χ1) is 9.52. The molecule has 0 unspecified atom stereocenters. The van der Waals surface area contributed by atoms with E-state index in [1.54, 1.807) is 25.1 Å². The first-order valence-electron chi connectivity index (χ1n) is 5.83. The Morgan fingerprint density at radius 3 is 2.80 bits per heavy atom. The van der Waals surface area contributed by atoms with Crippen LogP contribution < -0.4 is 5.73 Å². The smallest absolute Gasteiger partial charge is 0.362 e. The molecule has 1 heterocycles. The van der Waals surface area contributed by atoms with Crippen LogP contribution in [0.3, 0.4) is 0 Å². The molecular formula is C12H12Cl2N4O2. The van der Waals surface area contributed by atoms with Gasteiger partial charge in [0.2, 0.25) is 5.69 Å². The molecule has 0 amide bonds. The summed E-state index contributed by atoms with van der Waals surface area (Å²) in [4.78, 5) is 11.6. The summed E-state index contributed by atoms with van der Waals surface area (Å²) < 4.78 is 6.23. The Hall–Kier alpha value is -1.79. The second-order valence-electron chi connectivity index (χ2n) is 3.95. The van der Waals surface area contributed by atoms with Crippen LogP contribution in [0.1, 0.15) is 23.0 Å². The minimum Gasteiger partial charge on any atom is -0.461 e. The highest BCUT2D eigenvalue weighted by Gasteiger charge is 2.18. The summed E-state index contributed by atoms with van der Waals surface area (Å²) in [6, 6.07) is 5.17. The van der Waals surface area contributed by atoms with Gasteiger partial charge in [0.1, 0.15) is 0 Å². The first-order valence-corrected chi connectivity index (χ1v) is 6.58. The van der Waals surface area contributed by atoms with E-state index >= 15 is 0 Å². The lowest BCUT2D eigenvalue weighted by Crippen LogP contribution is -2.10. The fraction of sp³-hybridized carbons (Fsp3) is 0.250. The number of ether oxygens (including phenoxy) is 1. The maximum absolute atomic E-state index is 11.6. The molecule has 106 valence electrons. The molecule has 0 aliphatic rings. The van der Waals surface area contributed by atoms with Gasteiger partial charge < -0.3 is 10.5 Å². The molecule has 0 radical (unpaired) electrons. The predicted molar refractivity (Wildman–Crippen MR) is 76.0 cm³/mol. The normalized spacial score (nSPS) is 10.6. The van der Waals surface area contributed by atoms with Gasteiger partial charge in [0, 0.05) is 0 Å². The quantitative estimate of drug-likeness (QED) is 0.876. The lowest BCUT2D eigenvalue weighted by atomic mass is 10.2. The van der Waals surface area contributed by atoms with E-state index in [1.807, 2.05) is 0 Å². The molecule has 0 fully saturated rings. The van der Waals surface area contributed by atoms with Crippen molar-refractivity contribution in [3.05, 3.63) is 39.5 Å². The average molecular weight is 315 g/mol. The number of nitrogens with zero attached hydrogens (tertiary/aromatic N) is 3. The third-order valence-corrected chi connectivity index (χ3v) is 3.30. The third-order valence-electron chi connectivity index (χ3n) is 2.56. The van der Waals surface area contributed by atoms with Crippen molar-refractivity contribution >= 4 is 35.0 Å². The minimum absolute atomic E-state index is 0.00640. The van der Waals surface area contributed by atoms with E-state index in [2.05, 4.69) is 10.3 Å². The Morgan fingerprint density at radius 2 is 2.15 bits per heavy atom. The zero-order valence-corrected chi connectivity index (χ0v) is 12.1. The largest absolute Gasteiger partial charge is 0.461 e. The first kappa shape index (κ1) is 14.6. The van der Waals surface area contributed by atoms with Crippen molar-refractivity contribution in [1.29, 1.82) is 0 Å². The average Bonchev–Trinajstić information content (AvgIpc) is 2.76. The molecule has 0 spiro atoms. The van der Waals surface area contributed by atoms with E-state index < -0.39 is 5.97 Å². The second-order valence-corrected chi connectivity index (χ2v) is 4.76. The molecule has 0 aliphatic heterocycles. The number of benzene rings is 1. The fourth-order valence-corrected chi connectivity index (χ4v) is 1.91. The SMILES string of the molecule is CCOC(=O)c1nnn(Cc2ccc(Cl)c(Cl)c2)c1N. The number of nitrogen functional groups attached to an aromatic ring is 1. The summed E-state index contributed by atoms with van der Waals surface area (Å²) in [5, 5.41) is 8.46. The monoisotopic (exact) mass is 314 g/mol. The standard InChI is InChI=1S/C12H12Cl2N4O2/c1-2-20-12(19)10-11(15)18(17-16-10)6-7-3-4-8(13)9(14)5-7/h3-5H,2,6,15H2,1H3. The maximum Gasteiger partial charge on any atom is 0.362 e. The second kappa shape index (κ2) is 6.11. The van der Waals surface area contributed by atoms with Crippen LogP contribution in [0, 0.1) is 0 Å². The molecule has 6 nitrogen and oxygen atoms in total. The van der Waals surface area contributed by atoms with E-state index in [9.17, 15) is 4.79 Å². The van der Waals surface area contributed by atoms with Crippen molar-refractivity contribution in [2.45, 2.75) is 13.5 Å². The van der Waals surface area contributed by atoms with Crippen LogP contribution in [0.5, 0.6) is 0 Å². The summed E-state index contributed by atoms with van der Waals surface area (Å²) >= 11 is 11.8. The van der Waals surface area contributed by atoms with Crippen molar-refractivity contribution < 1.29 is 9.53 Å². The summed E-state index contributed by atoms with van der Waals surface area (Å²) in [5.41, 5.74) is 6.67. The number of rotatable bonds is 4. The molecule has 0 bridgehead atoms. The van der Waals surface area contributed by atoms with Gasteiger partial charge in [0.05, 0.1) is 23.2 Å². The summed E-state index contributed by atoms with van der Waals surface area (Å²) in [6.07, 6.45) is 0. The zero-order valence-electron chi connectivity index (χ0n) is 10.6. The number of hydrogen-bond acceptors (Lipinski definition) is 5. The van der Waals surface area contributed by atoms with Crippen molar-refractivity contribution in [2.24, 2.45) is 0 Å². The van der Waals surface area contributed by atoms with Gasteiger partial charge in [0.15, 0.2) is 5.82 Å². The van der Waals surface area contributed by atoms with Crippen LogP contribution in [-0.2, 0) is 11.3 Å². The number of aromatic nitrogens is 3. The summed E-state index contributed by atoms with van der Waals surface area (Å²) in [7, 11) is 0. The van der Waals surface area contributed by atoms with Crippen LogP contribution in [0.2, 0.25) is 10.0 Å². The Labute approximate surface area is 125 Å². The molecule has 0 aliphatic carbocycles. The number of hydrogen-bond donors (Lipinski definition) is 1. The van der Waals surface area contributed by atoms with E-state index in [0.717, 1.165) is 5.56 Å². The van der Waals surface area contributed by atoms with Crippen molar-refractivity contribution in [2.75, 3.05) is 12.3 Å². The lowest BCUT2D eigenvalue weighted by Gasteiger charge is -2.05. The fourth-order valence-electron chi connectivity index (χ4n) is 1.59. The highest BCUT2D eigenvalue weighted by Crippen LogP contribution is 2.23. The maximum atomic E-state index is 11.6. The molecule has 1 aromatic heterocycles. The van der Waals surface area contributed by atoms with Crippen LogP contribution in [0.15, 0.2) is 18.2 Å². The van der Waals surface area contributed by atoms with Crippen molar-refractivity contribution in [3.8, 4) is 0 Å². The van der Waals surface area contributed by atoms with Crippen LogP contribution in [0.4, 0.5) is 5.82 Å². The molecule has 2 aromatic rings. The molecule has 0 saturated heterocycles. The summed E-state index contributed by atoms with van der Waals surface area (Å²) in [6.45, 7) is 2.28. The van der Waals surface area contributed by atoms with E-state index in [1.165, 1.54) is 4.68 Å². The number of esters is 1. The van der Waals surface area contributed by atoms with Crippen LogP contribution in [-0.4, -0.2) is 27.6 Å². The molecular weight excluding hydrogens is 303 g/mol. The van der Waals surface area contributed by atoms with Gasteiger partial charge in [-0.3, -0.25) is 0 Å².